The van der Waals surface area contributed by atoms with E-state index in [1.807, 2.05) is 0 Å². The van der Waals surface area contributed by atoms with E-state index in [0.29, 0.717) is 10.7 Å². The van der Waals surface area contributed by atoms with Gasteiger partial charge in [-0.05, 0) is 54.6 Å². The normalized spacial score (nSPS) is 11.3. The Morgan fingerprint density at radius 2 is 1.77 bits per heavy atom. The van der Waals surface area contributed by atoms with Gasteiger partial charge >= 0.3 is 0 Å². The molecule has 156 valence electrons. The van der Waals surface area contributed by atoms with E-state index in [1.165, 1.54) is 48.7 Å². The van der Waals surface area contributed by atoms with Crippen molar-refractivity contribution in [2.45, 2.75) is 4.90 Å². The number of nitrogens with one attached hydrogen (secondary N) is 2. The molecule has 0 fully saturated rings. The van der Waals surface area contributed by atoms with Crippen molar-refractivity contribution >= 4 is 50.0 Å². The zero-order valence-corrected chi connectivity index (χ0v) is 17.3. The van der Waals surface area contributed by atoms with Gasteiger partial charge in [-0.25, -0.2) is 13.4 Å². The van der Waals surface area contributed by atoms with Gasteiger partial charge in [0.15, 0.2) is 11.2 Å². The third-order valence-corrected chi connectivity index (χ3v) is 5.85. The zero-order chi connectivity index (χ0) is 22.0. The summed E-state index contributed by atoms with van der Waals surface area (Å²) >= 11 is 5.88. The van der Waals surface area contributed by atoms with Gasteiger partial charge in [-0.3, -0.25) is 14.3 Å². The Balaban J connectivity index is 1.52. The molecule has 10 heteroatoms. The van der Waals surface area contributed by atoms with Crippen LogP contribution in [0.2, 0.25) is 5.02 Å². The second kappa shape index (κ2) is 8.21. The van der Waals surface area contributed by atoms with E-state index < -0.39 is 21.4 Å². The molecule has 0 atom stereocenters. The van der Waals surface area contributed by atoms with Crippen molar-refractivity contribution in [3.05, 3.63) is 93.9 Å². The number of hydrogen-bond acceptors (Lipinski definition) is 6. The molecular formula is C21H14ClN3O5S. The summed E-state index contributed by atoms with van der Waals surface area (Å²) in [6, 6.07) is 15.9. The van der Waals surface area contributed by atoms with Gasteiger partial charge in [-0.1, -0.05) is 17.7 Å². The molecule has 4 aromatic rings. The summed E-state index contributed by atoms with van der Waals surface area (Å²) in [4.78, 5) is 28.6. The molecule has 31 heavy (non-hydrogen) atoms. The summed E-state index contributed by atoms with van der Waals surface area (Å²) in [6.07, 6.45) is 1.47. The van der Waals surface area contributed by atoms with Gasteiger partial charge < -0.3 is 9.73 Å². The lowest BCUT2D eigenvalue weighted by Gasteiger charge is -2.09. The minimum absolute atomic E-state index is 0.00901. The quantitative estimate of drug-likeness (QED) is 0.471. The van der Waals surface area contributed by atoms with Crippen LogP contribution in [0.25, 0.3) is 11.0 Å². The molecular weight excluding hydrogens is 442 g/mol. The number of benzene rings is 2. The summed E-state index contributed by atoms with van der Waals surface area (Å²) < 4.78 is 32.7. The van der Waals surface area contributed by atoms with Crippen molar-refractivity contribution in [2.24, 2.45) is 0 Å². The molecule has 0 saturated heterocycles. The molecule has 2 aromatic carbocycles. The molecule has 2 N–H and O–H groups in total. The molecule has 0 radical (unpaired) electrons. The van der Waals surface area contributed by atoms with E-state index in [-0.39, 0.29) is 27.4 Å². The lowest BCUT2D eigenvalue weighted by Crippen LogP contribution is -2.16. The summed E-state index contributed by atoms with van der Waals surface area (Å²) in [7, 11) is -3.84. The molecule has 0 saturated carbocycles. The maximum absolute atomic E-state index is 12.5. The minimum Gasteiger partial charge on any atom is -0.451 e. The lowest BCUT2D eigenvalue weighted by molar-refractivity contribution is 0.0997. The van der Waals surface area contributed by atoms with Gasteiger partial charge in [0, 0.05) is 23.0 Å². The number of carbonyl (C=O) groups is 1. The number of sulfonamides is 1. The second-order valence-electron chi connectivity index (χ2n) is 6.41. The van der Waals surface area contributed by atoms with Crippen LogP contribution in [0.15, 0.2) is 87.0 Å². The van der Waals surface area contributed by atoms with E-state index in [0.717, 1.165) is 6.07 Å². The van der Waals surface area contributed by atoms with E-state index >= 15 is 0 Å². The average molecular weight is 456 g/mol. The highest BCUT2D eigenvalue weighted by Gasteiger charge is 2.16. The van der Waals surface area contributed by atoms with E-state index in [9.17, 15) is 18.0 Å². The van der Waals surface area contributed by atoms with Gasteiger partial charge in [0.25, 0.3) is 15.9 Å². The smallest absolute Gasteiger partial charge is 0.291 e. The lowest BCUT2D eigenvalue weighted by atomic mass is 10.2. The third-order valence-electron chi connectivity index (χ3n) is 4.24. The van der Waals surface area contributed by atoms with Crippen LogP contribution in [0.4, 0.5) is 11.5 Å². The fraction of sp³-hybridized carbons (Fsp3) is 0. The first-order valence-electron chi connectivity index (χ1n) is 8.90. The minimum atomic E-state index is -3.84. The molecule has 0 unspecified atom stereocenters. The first kappa shape index (κ1) is 20.6. The number of pyridine rings is 1. The van der Waals surface area contributed by atoms with Crippen molar-refractivity contribution in [3.8, 4) is 0 Å². The Morgan fingerprint density at radius 1 is 1.00 bits per heavy atom. The molecule has 1 amide bonds. The average Bonchev–Trinajstić information content (AvgIpc) is 2.75. The molecule has 0 aliphatic rings. The summed E-state index contributed by atoms with van der Waals surface area (Å²) in [5, 5.41) is 3.21. The Bertz CT molecular complexity index is 1440. The van der Waals surface area contributed by atoms with Crippen molar-refractivity contribution in [1.82, 2.24) is 4.98 Å². The van der Waals surface area contributed by atoms with Gasteiger partial charge in [0.2, 0.25) is 0 Å². The third kappa shape index (κ3) is 4.57. The topological polar surface area (TPSA) is 118 Å². The first-order chi connectivity index (χ1) is 14.8. The van der Waals surface area contributed by atoms with Gasteiger partial charge in [-0.15, -0.1) is 0 Å². The Kier molecular flexibility index (Phi) is 5.45. The monoisotopic (exact) mass is 455 g/mol. The van der Waals surface area contributed by atoms with Crippen molar-refractivity contribution in [1.29, 1.82) is 0 Å². The van der Waals surface area contributed by atoms with Crippen LogP contribution in [-0.4, -0.2) is 19.3 Å². The zero-order valence-electron chi connectivity index (χ0n) is 15.7. The maximum Gasteiger partial charge on any atom is 0.291 e. The highest BCUT2D eigenvalue weighted by atomic mass is 35.5. The SMILES string of the molecule is O=C(Nc1ccc(S(=O)(=O)Nc2ccccn2)cc1)c1cc(=O)c2cc(Cl)ccc2o1. The van der Waals surface area contributed by atoms with Crippen molar-refractivity contribution in [2.75, 3.05) is 10.0 Å². The number of carbonyl (C=O) groups excluding carboxylic acids is 1. The van der Waals surface area contributed by atoms with Crippen molar-refractivity contribution in [3.63, 3.8) is 0 Å². The number of rotatable bonds is 5. The highest BCUT2D eigenvalue weighted by Crippen LogP contribution is 2.20. The summed E-state index contributed by atoms with van der Waals surface area (Å²) in [5.41, 5.74) is 0.140. The molecule has 2 aromatic heterocycles. The van der Waals surface area contributed by atoms with E-state index in [2.05, 4.69) is 15.0 Å². The van der Waals surface area contributed by atoms with Gasteiger partial charge in [-0.2, -0.15) is 0 Å². The van der Waals surface area contributed by atoms with Crippen LogP contribution in [-0.2, 0) is 10.0 Å². The van der Waals surface area contributed by atoms with Crippen LogP contribution in [0, 0.1) is 0 Å². The second-order valence-corrected chi connectivity index (χ2v) is 8.53. The molecule has 0 bridgehead atoms. The predicted molar refractivity (Wildman–Crippen MR) is 117 cm³/mol. The predicted octanol–water partition coefficient (Wildman–Crippen LogP) is 3.89. The molecule has 0 aliphatic heterocycles. The molecule has 0 spiro atoms. The Hall–Kier alpha value is -3.69. The number of amides is 1. The van der Waals surface area contributed by atoms with Crippen molar-refractivity contribution < 1.29 is 17.6 Å². The van der Waals surface area contributed by atoms with Gasteiger partial charge in [0.1, 0.15) is 11.4 Å². The fourth-order valence-electron chi connectivity index (χ4n) is 2.77. The molecule has 0 aliphatic carbocycles. The Morgan fingerprint density at radius 3 is 2.48 bits per heavy atom. The van der Waals surface area contributed by atoms with Crippen LogP contribution >= 0.6 is 11.6 Å². The molecule has 2 heterocycles. The molecule has 8 nitrogen and oxygen atoms in total. The Labute approximate surface area is 181 Å². The largest absolute Gasteiger partial charge is 0.451 e. The van der Waals surface area contributed by atoms with E-state index in [1.54, 1.807) is 18.2 Å². The number of nitrogens with zero attached hydrogens (tertiary/aromatic N) is 1. The van der Waals surface area contributed by atoms with Crippen LogP contribution in [0.1, 0.15) is 10.6 Å². The first-order valence-corrected chi connectivity index (χ1v) is 10.8. The number of halogens is 1. The van der Waals surface area contributed by atoms with Crippen LogP contribution in [0.3, 0.4) is 0 Å². The maximum atomic E-state index is 12.5. The highest BCUT2D eigenvalue weighted by molar-refractivity contribution is 7.92. The molecule has 4 rings (SSSR count). The summed E-state index contributed by atoms with van der Waals surface area (Å²) in [6.45, 7) is 0. The number of fused-ring (bicyclic) bond motifs is 1. The number of aromatic nitrogens is 1. The number of anilines is 2. The number of hydrogen-bond donors (Lipinski definition) is 2. The standard InChI is InChI=1S/C21H14ClN3O5S/c22-13-4-9-18-16(11-13)17(26)12-19(30-18)21(27)24-14-5-7-15(8-6-14)31(28,29)25-20-3-1-2-10-23-20/h1-12H,(H,23,25)(H,24,27). The fourth-order valence-corrected chi connectivity index (χ4v) is 3.95. The van der Waals surface area contributed by atoms with Crippen LogP contribution in [0.5, 0.6) is 0 Å². The van der Waals surface area contributed by atoms with E-state index in [4.69, 9.17) is 16.0 Å². The van der Waals surface area contributed by atoms with Crippen LogP contribution < -0.4 is 15.5 Å². The summed E-state index contributed by atoms with van der Waals surface area (Å²) in [5.74, 6) is -0.656. The van der Waals surface area contributed by atoms with Gasteiger partial charge in [0.05, 0.1) is 10.3 Å².